The lowest BCUT2D eigenvalue weighted by atomic mass is 9.72. The number of aromatic nitrogens is 2. The quantitative estimate of drug-likeness (QED) is 0.609. The zero-order valence-corrected chi connectivity index (χ0v) is 18.6. The summed E-state index contributed by atoms with van der Waals surface area (Å²) in [5, 5.41) is 7.90. The molecule has 6 nitrogen and oxygen atoms in total. The Balaban J connectivity index is 1.54. The molecule has 0 spiro atoms. The van der Waals surface area contributed by atoms with Crippen LogP contribution < -0.4 is 5.32 Å². The van der Waals surface area contributed by atoms with Crippen LogP contribution in [0.25, 0.3) is 0 Å². The molecule has 2 saturated heterocycles. The molecule has 30 heavy (non-hydrogen) atoms. The molecule has 1 atom stereocenters. The highest BCUT2D eigenvalue weighted by atomic mass is 16.5. The molecule has 2 aliphatic heterocycles. The Hall–Kier alpha value is -2.34. The second-order valence-corrected chi connectivity index (χ2v) is 8.76. The summed E-state index contributed by atoms with van der Waals surface area (Å²) < 4.78 is 7.62. The largest absolute Gasteiger partial charge is 0.381 e. The fourth-order valence-electron chi connectivity index (χ4n) is 4.97. The minimum absolute atomic E-state index is 0.0622. The maximum Gasteiger partial charge on any atom is 0.193 e. The number of aryl methyl sites for hydroxylation is 2. The van der Waals surface area contributed by atoms with Gasteiger partial charge in [-0.05, 0) is 49.8 Å². The highest BCUT2D eigenvalue weighted by molar-refractivity contribution is 5.80. The molecule has 6 heteroatoms. The molecule has 162 valence electrons. The van der Waals surface area contributed by atoms with Gasteiger partial charge in [-0.1, -0.05) is 24.3 Å². The summed E-state index contributed by atoms with van der Waals surface area (Å²) in [5.74, 6) is 1.57. The average molecular weight is 410 g/mol. The van der Waals surface area contributed by atoms with E-state index in [1.807, 2.05) is 17.9 Å². The summed E-state index contributed by atoms with van der Waals surface area (Å²) in [5.41, 5.74) is 4.18. The standard InChI is InChI=1S/C24H35N5O/c1-4-25-23(29-12-9-20(17-29)21-15-27-28(3)16-21)26-18-24(10-13-30-14-11-24)22-8-6-5-7-19(22)2/h5-8,15-16,20H,4,9-14,17-18H2,1-3H3,(H,25,26). The molecule has 2 aliphatic rings. The van der Waals surface area contributed by atoms with Gasteiger partial charge in [0, 0.05) is 57.4 Å². The van der Waals surface area contributed by atoms with E-state index in [0.717, 1.165) is 64.6 Å². The van der Waals surface area contributed by atoms with Crippen LogP contribution >= 0.6 is 0 Å². The van der Waals surface area contributed by atoms with Gasteiger partial charge in [0.25, 0.3) is 0 Å². The van der Waals surface area contributed by atoms with E-state index in [1.54, 1.807) is 0 Å². The Morgan fingerprint density at radius 2 is 2.10 bits per heavy atom. The zero-order chi connectivity index (χ0) is 21.0. The van der Waals surface area contributed by atoms with Crippen molar-refractivity contribution in [1.82, 2.24) is 20.0 Å². The number of likely N-dealkylation sites (tertiary alicyclic amines) is 1. The number of benzene rings is 1. The van der Waals surface area contributed by atoms with Crippen LogP contribution in [-0.4, -0.2) is 60.0 Å². The summed E-state index contributed by atoms with van der Waals surface area (Å²) in [6.45, 7) is 9.71. The lowest BCUT2D eigenvalue weighted by molar-refractivity contribution is 0.0528. The van der Waals surface area contributed by atoms with E-state index in [9.17, 15) is 0 Å². The van der Waals surface area contributed by atoms with Crippen molar-refractivity contribution in [2.75, 3.05) is 39.4 Å². The number of rotatable bonds is 5. The van der Waals surface area contributed by atoms with Crippen LogP contribution in [0.3, 0.4) is 0 Å². The van der Waals surface area contributed by atoms with Gasteiger partial charge in [-0.3, -0.25) is 9.67 Å². The number of nitrogens with zero attached hydrogens (tertiary/aromatic N) is 4. The minimum atomic E-state index is 0.0622. The normalized spacial score (nSPS) is 21.8. The van der Waals surface area contributed by atoms with Gasteiger partial charge in [-0.25, -0.2) is 0 Å². The first-order valence-electron chi connectivity index (χ1n) is 11.3. The average Bonchev–Trinajstić information content (AvgIpc) is 3.41. The lowest BCUT2D eigenvalue weighted by Gasteiger charge is -2.38. The Labute approximate surface area is 180 Å². The van der Waals surface area contributed by atoms with Gasteiger partial charge in [0.05, 0.1) is 12.7 Å². The first-order chi connectivity index (χ1) is 14.6. The third-order valence-electron chi connectivity index (χ3n) is 6.72. The van der Waals surface area contributed by atoms with Crippen molar-refractivity contribution in [3.05, 3.63) is 53.3 Å². The molecule has 4 rings (SSSR count). The summed E-state index contributed by atoms with van der Waals surface area (Å²) in [6, 6.07) is 8.80. The Kier molecular flexibility index (Phi) is 6.42. The summed E-state index contributed by atoms with van der Waals surface area (Å²) in [4.78, 5) is 7.62. The molecule has 1 unspecified atom stereocenters. The van der Waals surface area contributed by atoms with Crippen LogP contribution in [0.5, 0.6) is 0 Å². The maximum atomic E-state index is 5.72. The molecule has 0 aliphatic carbocycles. The van der Waals surface area contributed by atoms with Crippen molar-refractivity contribution in [2.45, 2.75) is 44.4 Å². The third-order valence-corrected chi connectivity index (χ3v) is 6.72. The number of hydrogen-bond acceptors (Lipinski definition) is 3. The lowest BCUT2D eigenvalue weighted by Crippen LogP contribution is -2.43. The molecule has 0 saturated carbocycles. The topological polar surface area (TPSA) is 54.7 Å². The van der Waals surface area contributed by atoms with Gasteiger partial charge < -0.3 is 15.0 Å². The van der Waals surface area contributed by atoms with E-state index in [2.05, 4.69) is 59.6 Å². The Morgan fingerprint density at radius 3 is 2.80 bits per heavy atom. The SMILES string of the molecule is CCNC(=NCC1(c2ccccc2C)CCOCC1)N1CCC(c2cnn(C)c2)C1. The predicted octanol–water partition coefficient (Wildman–Crippen LogP) is 3.23. The van der Waals surface area contributed by atoms with Crippen molar-refractivity contribution in [2.24, 2.45) is 12.0 Å². The van der Waals surface area contributed by atoms with Crippen LogP contribution in [-0.2, 0) is 17.2 Å². The molecule has 2 fully saturated rings. The second kappa shape index (κ2) is 9.21. The van der Waals surface area contributed by atoms with E-state index in [-0.39, 0.29) is 5.41 Å². The highest BCUT2D eigenvalue weighted by Crippen LogP contribution is 2.37. The molecule has 1 N–H and O–H groups in total. The molecule has 0 radical (unpaired) electrons. The predicted molar refractivity (Wildman–Crippen MR) is 121 cm³/mol. The van der Waals surface area contributed by atoms with Gasteiger partial charge in [-0.2, -0.15) is 5.10 Å². The molecule has 0 bridgehead atoms. The minimum Gasteiger partial charge on any atom is -0.381 e. The molecule has 3 heterocycles. The van der Waals surface area contributed by atoms with E-state index in [1.165, 1.54) is 16.7 Å². The third kappa shape index (κ3) is 4.38. The van der Waals surface area contributed by atoms with Crippen LogP contribution in [0.2, 0.25) is 0 Å². The van der Waals surface area contributed by atoms with Crippen LogP contribution in [0, 0.1) is 6.92 Å². The first kappa shape index (κ1) is 20.9. The van der Waals surface area contributed by atoms with Gasteiger partial charge in [-0.15, -0.1) is 0 Å². The summed E-state index contributed by atoms with van der Waals surface area (Å²) in [7, 11) is 1.99. The fraction of sp³-hybridized carbons (Fsp3) is 0.583. The Morgan fingerprint density at radius 1 is 1.30 bits per heavy atom. The van der Waals surface area contributed by atoms with Crippen LogP contribution in [0.1, 0.15) is 48.8 Å². The number of aliphatic imine (C=N–C) groups is 1. The summed E-state index contributed by atoms with van der Waals surface area (Å²) in [6.07, 6.45) is 7.35. The first-order valence-corrected chi connectivity index (χ1v) is 11.3. The van der Waals surface area contributed by atoms with Crippen molar-refractivity contribution >= 4 is 5.96 Å². The summed E-state index contributed by atoms with van der Waals surface area (Å²) >= 11 is 0. The van der Waals surface area contributed by atoms with Gasteiger partial charge in [0.15, 0.2) is 5.96 Å². The van der Waals surface area contributed by atoms with Gasteiger partial charge >= 0.3 is 0 Å². The molecule has 0 amide bonds. The fourth-order valence-corrected chi connectivity index (χ4v) is 4.97. The van der Waals surface area contributed by atoms with Crippen molar-refractivity contribution < 1.29 is 4.74 Å². The maximum absolute atomic E-state index is 5.72. The zero-order valence-electron chi connectivity index (χ0n) is 18.6. The molecular weight excluding hydrogens is 374 g/mol. The van der Waals surface area contributed by atoms with Crippen molar-refractivity contribution in [3.8, 4) is 0 Å². The monoisotopic (exact) mass is 409 g/mol. The van der Waals surface area contributed by atoms with E-state index >= 15 is 0 Å². The van der Waals surface area contributed by atoms with Crippen LogP contribution in [0.4, 0.5) is 0 Å². The highest BCUT2D eigenvalue weighted by Gasteiger charge is 2.36. The number of hydrogen-bond donors (Lipinski definition) is 1. The molecule has 1 aromatic heterocycles. The van der Waals surface area contributed by atoms with Gasteiger partial charge in [0.2, 0.25) is 0 Å². The van der Waals surface area contributed by atoms with Gasteiger partial charge in [0.1, 0.15) is 0 Å². The van der Waals surface area contributed by atoms with Crippen molar-refractivity contribution in [3.63, 3.8) is 0 Å². The van der Waals surface area contributed by atoms with E-state index < -0.39 is 0 Å². The number of guanidine groups is 1. The Bertz CT molecular complexity index is 868. The molecule has 2 aromatic rings. The second-order valence-electron chi connectivity index (χ2n) is 8.76. The number of nitrogens with one attached hydrogen (secondary N) is 1. The number of ether oxygens (including phenoxy) is 1. The van der Waals surface area contributed by atoms with Crippen molar-refractivity contribution in [1.29, 1.82) is 0 Å². The molecular formula is C24H35N5O. The van der Waals surface area contributed by atoms with E-state index in [0.29, 0.717) is 5.92 Å². The van der Waals surface area contributed by atoms with Crippen LogP contribution in [0.15, 0.2) is 41.7 Å². The van der Waals surface area contributed by atoms with E-state index in [4.69, 9.17) is 9.73 Å². The smallest absolute Gasteiger partial charge is 0.193 e. The molecule has 1 aromatic carbocycles.